The fourth-order valence-electron chi connectivity index (χ4n) is 7.14. The average molecular weight is 754 g/mol. The number of fused-ring (bicyclic) bond motifs is 1. The van der Waals surface area contributed by atoms with Crippen molar-refractivity contribution in [3.63, 3.8) is 0 Å². The molecule has 2 saturated heterocycles. The zero-order valence-electron chi connectivity index (χ0n) is 30.3. The first-order chi connectivity index (χ1) is 27.1. The molecule has 0 radical (unpaired) electrons. The van der Waals surface area contributed by atoms with Gasteiger partial charge in [0, 0.05) is 91.5 Å². The Morgan fingerprint density at radius 1 is 0.911 bits per heavy atom. The Hall–Kier alpha value is -6.87. The number of pyridine rings is 1. The predicted octanol–water partition coefficient (Wildman–Crippen LogP) is 4.71. The van der Waals surface area contributed by atoms with Gasteiger partial charge in [0.25, 0.3) is 17.7 Å². The molecule has 0 bridgehead atoms. The third kappa shape index (κ3) is 7.31. The summed E-state index contributed by atoms with van der Waals surface area (Å²) in [5, 5.41) is 8.39. The van der Waals surface area contributed by atoms with Crippen LogP contribution in [-0.4, -0.2) is 86.5 Å². The number of amides is 5. The Morgan fingerprint density at radius 3 is 2.41 bits per heavy atom. The van der Waals surface area contributed by atoms with Crippen LogP contribution in [-0.2, 0) is 16.1 Å². The van der Waals surface area contributed by atoms with Crippen LogP contribution in [0.1, 0.15) is 55.0 Å². The van der Waals surface area contributed by atoms with Crippen LogP contribution in [0.4, 0.5) is 27.4 Å². The predicted molar refractivity (Wildman–Crippen MR) is 205 cm³/mol. The van der Waals surface area contributed by atoms with E-state index in [-0.39, 0.29) is 42.0 Å². The van der Waals surface area contributed by atoms with Crippen molar-refractivity contribution in [1.29, 1.82) is 0 Å². The number of halogens is 1. The number of hydrogen-bond acceptors (Lipinski definition) is 11. The van der Waals surface area contributed by atoms with Gasteiger partial charge in [-0.1, -0.05) is 6.07 Å². The first-order valence-corrected chi connectivity index (χ1v) is 18.1. The molecule has 3 N–H and O–H groups in total. The van der Waals surface area contributed by atoms with Crippen LogP contribution in [0.3, 0.4) is 0 Å². The van der Waals surface area contributed by atoms with Crippen LogP contribution in [0.25, 0.3) is 11.3 Å². The number of nitrogens with one attached hydrogen (secondary N) is 3. The van der Waals surface area contributed by atoms with Crippen LogP contribution in [0, 0.1) is 12.7 Å². The van der Waals surface area contributed by atoms with Crippen LogP contribution in [0.5, 0.6) is 0 Å². The molecule has 8 rings (SSSR count). The summed E-state index contributed by atoms with van der Waals surface area (Å²) in [5.41, 5.74) is 5.58. The van der Waals surface area contributed by atoms with Gasteiger partial charge in [0.15, 0.2) is 0 Å². The summed E-state index contributed by atoms with van der Waals surface area (Å²) in [4.78, 5) is 81.7. The minimum absolute atomic E-state index is 0.00436. The highest BCUT2D eigenvalue weighted by atomic mass is 19.1. The Kier molecular flexibility index (Phi) is 9.74. The van der Waals surface area contributed by atoms with Gasteiger partial charge in [-0.3, -0.25) is 44.1 Å². The van der Waals surface area contributed by atoms with E-state index in [2.05, 4.69) is 40.7 Å². The quantitative estimate of drug-likeness (QED) is 0.178. The van der Waals surface area contributed by atoms with Gasteiger partial charge in [-0.15, -0.1) is 0 Å². The molecule has 0 saturated carbocycles. The fourth-order valence-corrected chi connectivity index (χ4v) is 7.14. The number of piperidine rings is 1. The maximum Gasteiger partial charge on any atom is 0.262 e. The molecular weight excluding hydrogens is 718 g/mol. The standard InChI is InChI=1S/C41H36FN9O5/c1-24-4-7-28(20-34(24)47-41-44-14-12-33(46-41)26-3-2-13-43-22-26)45-37(53)25-5-8-29(9-6-25)50-17-15-49(16-18-50)23-27-19-30-31(21-32(27)42)40(56)51(39(30)55)35-10-11-36(52)48-38(35)54/h2-9,12-14,19-22,35H,10-11,15-18,23H2,1H3,(H,45,53)(H,44,46,47)(H,48,52,54). The van der Waals surface area contributed by atoms with Crippen molar-refractivity contribution in [1.82, 2.24) is 30.1 Å². The molecule has 5 aromatic rings. The van der Waals surface area contributed by atoms with Gasteiger partial charge in [0.2, 0.25) is 17.8 Å². The molecule has 1 atom stereocenters. The zero-order valence-corrected chi connectivity index (χ0v) is 30.3. The number of carbonyl (C=O) groups excluding carboxylic acids is 5. The van der Waals surface area contributed by atoms with Crippen LogP contribution in [0.2, 0.25) is 0 Å². The molecule has 14 nitrogen and oxygen atoms in total. The highest BCUT2D eigenvalue weighted by Gasteiger charge is 2.45. The molecule has 1 unspecified atom stereocenters. The molecular formula is C41H36FN9O5. The number of hydrogen-bond donors (Lipinski definition) is 3. The normalized spacial score (nSPS) is 17.1. The molecule has 3 aromatic carbocycles. The maximum absolute atomic E-state index is 15.3. The second kappa shape index (κ2) is 15.1. The largest absolute Gasteiger partial charge is 0.369 e. The Balaban J connectivity index is 0.861. The van der Waals surface area contributed by atoms with Gasteiger partial charge in [-0.2, -0.15) is 0 Å². The lowest BCUT2D eigenvalue weighted by Gasteiger charge is -2.36. The van der Waals surface area contributed by atoms with Crippen LogP contribution in [0.15, 0.2) is 91.4 Å². The number of aromatic nitrogens is 3. The molecule has 5 heterocycles. The molecule has 0 aliphatic carbocycles. The Labute approximate surface area is 320 Å². The second-order valence-corrected chi connectivity index (χ2v) is 13.9. The molecule has 56 heavy (non-hydrogen) atoms. The van der Waals surface area contributed by atoms with Gasteiger partial charge in [0.1, 0.15) is 11.9 Å². The van der Waals surface area contributed by atoms with Crippen LogP contribution < -0.4 is 20.9 Å². The third-order valence-electron chi connectivity index (χ3n) is 10.2. The third-order valence-corrected chi connectivity index (χ3v) is 10.2. The van der Waals surface area contributed by atoms with Crippen molar-refractivity contribution < 1.29 is 28.4 Å². The summed E-state index contributed by atoms with van der Waals surface area (Å²) in [6.45, 7) is 4.69. The first-order valence-electron chi connectivity index (χ1n) is 18.1. The Bertz CT molecular complexity index is 2380. The van der Waals surface area contributed by atoms with E-state index in [0.29, 0.717) is 43.4 Å². The minimum atomic E-state index is -1.11. The summed E-state index contributed by atoms with van der Waals surface area (Å²) in [6, 6.07) is 19.9. The van der Waals surface area contributed by atoms with Gasteiger partial charge in [-0.25, -0.2) is 14.4 Å². The highest BCUT2D eigenvalue weighted by molar-refractivity contribution is 6.23. The van der Waals surface area contributed by atoms with Crippen LogP contribution >= 0.6 is 0 Å². The molecule has 3 aliphatic heterocycles. The number of rotatable bonds is 9. The number of piperazine rings is 1. The number of imide groups is 2. The lowest BCUT2D eigenvalue weighted by molar-refractivity contribution is -0.136. The molecule has 2 fully saturated rings. The number of benzene rings is 3. The topological polar surface area (TPSA) is 170 Å². The molecule has 3 aliphatic rings. The van der Waals surface area contributed by atoms with Crippen molar-refractivity contribution in [2.24, 2.45) is 0 Å². The van der Waals surface area contributed by atoms with E-state index in [1.54, 1.807) is 30.7 Å². The Morgan fingerprint density at radius 2 is 1.68 bits per heavy atom. The van der Waals surface area contributed by atoms with Gasteiger partial charge in [-0.05, 0) is 85.6 Å². The van der Waals surface area contributed by atoms with Gasteiger partial charge < -0.3 is 15.5 Å². The van der Waals surface area contributed by atoms with E-state index in [4.69, 9.17) is 0 Å². The summed E-state index contributed by atoms with van der Waals surface area (Å²) >= 11 is 0. The van der Waals surface area contributed by atoms with E-state index < -0.39 is 35.5 Å². The van der Waals surface area contributed by atoms with Crippen molar-refractivity contribution >= 4 is 52.5 Å². The van der Waals surface area contributed by atoms with E-state index in [1.165, 1.54) is 6.07 Å². The molecule has 0 spiro atoms. The van der Waals surface area contributed by atoms with E-state index in [0.717, 1.165) is 39.2 Å². The lowest BCUT2D eigenvalue weighted by atomic mass is 10.0. The summed E-state index contributed by atoms with van der Waals surface area (Å²) in [5.74, 6) is -3.04. The highest BCUT2D eigenvalue weighted by Crippen LogP contribution is 2.31. The number of nitrogens with zero attached hydrogens (tertiary/aromatic N) is 6. The SMILES string of the molecule is Cc1ccc(NC(=O)c2ccc(N3CCN(Cc4cc5c(cc4F)C(=O)N(C4CCC(=O)NC4=O)C5=O)CC3)cc2)cc1Nc1nccc(-c2cccnc2)n1. The van der Waals surface area contributed by atoms with E-state index >= 15 is 4.39 Å². The lowest BCUT2D eigenvalue weighted by Crippen LogP contribution is -2.54. The number of aryl methyl sites for hydroxylation is 1. The zero-order chi connectivity index (χ0) is 38.9. The summed E-state index contributed by atoms with van der Waals surface area (Å²) in [7, 11) is 0. The first kappa shape index (κ1) is 36.1. The molecule has 282 valence electrons. The van der Waals surface area contributed by atoms with Crippen molar-refractivity contribution in [2.75, 3.05) is 41.7 Å². The average Bonchev–Trinajstić information content (AvgIpc) is 3.44. The maximum atomic E-state index is 15.3. The number of anilines is 4. The van der Waals surface area contributed by atoms with Crippen molar-refractivity contribution in [2.45, 2.75) is 32.4 Å². The minimum Gasteiger partial charge on any atom is -0.369 e. The summed E-state index contributed by atoms with van der Waals surface area (Å²) < 4.78 is 15.3. The van der Waals surface area contributed by atoms with Gasteiger partial charge in [0.05, 0.1) is 16.8 Å². The summed E-state index contributed by atoms with van der Waals surface area (Å²) in [6.07, 6.45) is 5.15. The van der Waals surface area contributed by atoms with Gasteiger partial charge >= 0.3 is 0 Å². The second-order valence-electron chi connectivity index (χ2n) is 13.9. The van der Waals surface area contributed by atoms with E-state index in [1.807, 2.05) is 55.5 Å². The molecule has 2 aromatic heterocycles. The van der Waals surface area contributed by atoms with Crippen molar-refractivity contribution in [3.8, 4) is 11.3 Å². The number of carbonyl (C=O) groups is 5. The smallest absolute Gasteiger partial charge is 0.262 e. The molecule has 15 heteroatoms. The van der Waals surface area contributed by atoms with Crippen molar-refractivity contribution in [3.05, 3.63) is 125 Å². The molecule has 5 amide bonds. The van der Waals surface area contributed by atoms with E-state index in [9.17, 15) is 24.0 Å². The monoisotopic (exact) mass is 753 g/mol. The fraction of sp³-hybridized carbons (Fsp3) is 0.220.